The van der Waals surface area contributed by atoms with E-state index in [9.17, 15) is 9.59 Å². The quantitative estimate of drug-likeness (QED) is 0.738. The van der Waals surface area contributed by atoms with Crippen LogP contribution in [0.3, 0.4) is 0 Å². The number of anilines is 1. The minimum atomic E-state index is -0.475. The number of ether oxygens (including phenoxy) is 1. The molecule has 0 radical (unpaired) electrons. The van der Waals surface area contributed by atoms with E-state index in [-0.39, 0.29) is 5.91 Å². The summed E-state index contributed by atoms with van der Waals surface area (Å²) in [5, 5.41) is 3.41. The third kappa shape index (κ3) is 4.39. The second-order valence-electron chi connectivity index (χ2n) is 6.68. The smallest absolute Gasteiger partial charge is 0.251 e. The molecule has 27 heavy (non-hydrogen) atoms. The number of primary amides is 1. The van der Waals surface area contributed by atoms with Crippen LogP contribution in [-0.2, 0) is 17.6 Å². The summed E-state index contributed by atoms with van der Waals surface area (Å²) in [6, 6.07) is 7.40. The van der Waals surface area contributed by atoms with E-state index in [1.54, 1.807) is 13.2 Å². The van der Waals surface area contributed by atoms with Crippen LogP contribution in [-0.4, -0.2) is 18.9 Å². The summed E-state index contributed by atoms with van der Waals surface area (Å²) in [6.07, 6.45) is 7.16. The molecule has 2 amide bonds. The van der Waals surface area contributed by atoms with Crippen LogP contribution in [0, 0.1) is 5.92 Å². The van der Waals surface area contributed by atoms with Crippen molar-refractivity contribution in [3.63, 3.8) is 0 Å². The fourth-order valence-corrected chi connectivity index (χ4v) is 4.76. The fourth-order valence-electron chi connectivity index (χ4n) is 3.39. The highest BCUT2D eigenvalue weighted by Gasteiger charge is 2.27. The van der Waals surface area contributed by atoms with Crippen molar-refractivity contribution in [1.29, 1.82) is 0 Å². The van der Waals surface area contributed by atoms with Crippen LogP contribution in [0.15, 0.2) is 30.3 Å². The second kappa shape index (κ2) is 8.39. The van der Waals surface area contributed by atoms with Gasteiger partial charge in [-0.3, -0.25) is 9.59 Å². The molecule has 1 atom stereocenters. The lowest BCUT2D eigenvalue weighted by atomic mass is 9.85. The van der Waals surface area contributed by atoms with Crippen LogP contribution in [0.5, 0.6) is 5.75 Å². The topological polar surface area (TPSA) is 81.4 Å². The molecule has 5 nitrogen and oxygen atoms in total. The van der Waals surface area contributed by atoms with Gasteiger partial charge in [0.05, 0.1) is 12.7 Å². The largest absolute Gasteiger partial charge is 0.497 e. The number of carbonyl (C=O) groups is 2. The highest BCUT2D eigenvalue weighted by Crippen LogP contribution is 2.40. The molecule has 1 aliphatic carbocycles. The molecule has 1 heterocycles. The van der Waals surface area contributed by atoms with Crippen LogP contribution < -0.4 is 15.8 Å². The lowest BCUT2D eigenvalue weighted by molar-refractivity contribution is -0.111. The Hall–Kier alpha value is -2.60. The minimum absolute atomic E-state index is 0.279. The normalized spacial score (nSPS) is 16.1. The zero-order chi connectivity index (χ0) is 19.4. The second-order valence-corrected chi connectivity index (χ2v) is 7.79. The summed E-state index contributed by atoms with van der Waals surface area (Å²) < 4.78 is 5.12. The summed E-state index contributed by atoms with van der Waals surface area (Å²) in [7, 11) is 1.61. The average molecular weight is 385 g/mol. The van der Waals surface area contributed by atoms with Gasteiger partial charge in [-0.1, -0.05) is 25.5 Å². The van der Waals surface area contributed by atoms with E-state index >= 15 is 0 Å². The number of rotatable bonds is 6. The number of hydrogen-bond acceptors (Lipinski definition) is 4. The van der Waals surface area contributed by atoms with Crippen molar-refractivity contribution in [3.05, 3.63) is 51.9 Å². The van der Waals surface area contributed by atoms with Gasteiger partial charge < -0.3 is 15.8 Å². The summed E-state index contributed by atoms with van der Waals surface area (Å²) in [6.45, 7) is 2.19. The monoisotopic (exact) mass is 384 g/mol. The van der Waals surface area contributed by atoms with Crippen LogP contribution in [0.2, 0.25) is 0 Å². The number of hydrogen-bond donors (Lipinski definition) is 2. The number of thiophene rings is 1. The molecule has 0 saturated heterocycles. The summed E-state index contributed by atoms with van der Waals surface area (Å²) >= 11 is 1.48. The summed E-state index contributed by atoms with van der Waals surface area (Å²) in [5.41, 5.74) is 7.99. The molecular weight excluding hydrogens is 360 g/mol. The molecule has 3 rings (SSSR count). The highest BCUT2D eigenvalue weighted by molar-refractivity contribution is 7.17. The van der Waals surface area contributed by atoms with Gasteiger partial charge >= 0.3 is 0 Å². The van der Waals surface area contributed by atoms with E-state index in [2.05, 4.69) is 12.2 Å². The van der Waals surface area contributed by atoms with Crippen molar-refractivity contribution in [1.82, 2.24) is 0 Å². The minimum Gasteiger partial charge on any atom is -0.497 e. The zero-order valence-corrected chi connectivity index (χ0v) is 16.4. The van der Waals surface area contributed by atoms with E-state index in [1.807, 2.05) is 24.3 Å². The third-order valence-corrected chi connectivity index (χ3v) is 6.14. The first-order chi connectivity index (χ1) is 13.0. The Balaban J connectivity index is 1.76. The molecule has 1 aromatic carbocycles. The molecule has 3 N–H and O–H groups in total. The maximum Gasteiger partial charge on any atom is 0.251 e. The van der Waals surface area contributed by atoms with Crippen LogP contribution in [0.25, 0.3) is 6.08 Å². The van der Waals surface area contributed by atoms with E-state index < -0.39 is 5.91 Å². The van der Waals surface area contributed by atoms with Gasteiger partial charge in [0.1, 0.15) is 10.8 Å². The molecule has 1 aliphatic rings. The first-order valence-electron chi connectivity index (χ1n) is 9.09. The number of nitrogens with one attached hydrogen (secondary N) is 1. The molecule has 0 fully saturated rings. The Morgan fingerprint density at radius 1 is 1.33 bits per heavy atom. The summed E-state index contributed by atoms with van der Waals surface area (Å²) in [4.78, 5) is 25.5. The van der Waals surface area contributed by atoms with Crippen LogP contribution in [0.4, 0.5) is 5.00 Å². The van der Waals surface area contributed by atoms with Crippen molar-refractivity contribution in [2.45, 2.75) is 32.6 Å². The molecule has 0 aliphatic heterocycles. The van der Waals surface area contributed by atoms with Gasteiger partial charge in [-0.2, -0.15) is 0 Å². The Labute approximate surface area is 163 Å². The summed E-state index contributed by atoms with van der Waals surface area (Å²) in [5.74, 6) is 0.642. The molecule has 142 valence electrons. The number of carbonyl (C=O) groups excluding carboxylic acids is 2. The lowest BCUT2D eigenvalue weighted by Gasteiger charge is -2.20. The predicted octanol–water partition coefficient (Wildman–Crippen LogP) is 4.02. The molecule has 0 bridgehead atoms. The van der Waals surface area contributed by atoms with Crippen molar-refractivity contribution in [3.8, 4) is 5.75 Å². The molecule has 0 saturated carbocycles. The van der Waals surface area contributed by atoms with Crippen LogP contribution >= 0.6 is 11.3 Å². The van der Waals surface area contributed by atoms with E-state index in [0.717, 1.165) is 42.6 Å². The van der Waals surface area contributed by atoms with Gasteiger partial charge in [-0.05, 0) is 54.5 Å². The number of fused-ring (bicyclic) bond motifs is 1. The lowest BCUT2D eigenvalue weighted by Crippen LogP contribution is -2.19. The number of amides is 2. The first-order valence-corrected chi connectivity index (χ1v) is 9.91. The van der Waals surface area contributed by atoms with Gasteiger partial charge in [0.15, 0.2) is 0 Å². The molecule has 1 aromatic heterocycles. The van der Waals surface area contributed by atoms with Crippen molar-refractivity contribution in [2.24, 2.45) is 11.7 Å². The number of nitrogens with two attached hydrogens (primary N) is 1. The third-order valence-electron chi connectivity index (χ3n) is 4.97. The van der Waals surface area contributed by atoms with Crippen molar-refractivity contribution < 1.29 is 14.3 Å². The number of benzene rings is 1. The van der Waals surface area contributed by atoms with Gasteiger partial charge in [-0.15, -0.1) is 11.3 Å². The Morgan fingerprint density at radius 3 is 2.70 bits per heavy atom. The highest BCUT2D eigenvalue weighted by atomic mass is 32.1. The molecule has 0 unspecified atom stereocenters. The molecule has 6 heteroatoms. The maximum atomic E-state index is 12.3. The number of methoxy groups -OCH3 is 1. The Bertz CT molecular complexity index is 868. The SMILES string of the molecule is CC[C@@H]1CCc2c(sc(NC(=O)/C=C\c3ccc(OC)cc3)c2C(N)=O)C1. The average Bonchev–Trinajstić information content (AvgIpc) is 3.03. The standard InChI is InChI=1S/C21H24N2O3S/c1-3-13-6-10-16-17(12-13)27-21(19(16)20(22)25)23-18(24)11-7-14-4-8-15(26-2)9-5-14/h4-5,7-9,11,13H,3,6,10,12H2,1-2H3,(H2,22,25)(H,23,24)/b11-7-/t13-/m1/s1. The fraction of sp³-hybridized carbons (Fsp3) is 0.333. The predicted molar refractivity (Wildman–Crippen MR) is 109 cm³/mol. The maximum absolute atomic E-state index is 12.3. The Morgan fingerprint density at radius 2 is 2.07 bits per heavy atom. The van der Waals surface area contributed by atoms with Gasteiger partial charge in [0, 0.05) is 11.0 Å². The van der Waals surface area contributed by atoms with E-state index in [1.165, 1.54) is 22.3 Å². The first kappa shape index (κ1) is 19.2. The van der Waals surface area contributed by atoms with Crippen LogP contribution in [0.1, 0.15) is 46.1 Å². The molecule has 2 aromatic rings. The van der Waals surface area contributed by atoms with Gasteiger partial charge in [0.2, 0.25) is 5.91 Å². The van der Waals surface area contributed by atoms with Crippen molar-refractivity contribution >= 4 is 34.2 Å². The van der Waals surface area contributed by atoms with Gasteiger partial charge in [-0.25, -0.2) is 0 Å². The van der Waals surface area contributed by atoms with Crippen molar-refractivity contribution in [2.75, 3.05) is 12.4 Å². The Kier molecular flexibility index (Phi) is 5.96. The van der Waals surface area contributed by atoms with E-state index in [0.29, 0.717) is 16.5 Å². The zero-order valence-electron chi connectivity index (χ0n) is 15.6. The van der Waals surface area contributed by atoms with Gasteiger partial charge in [0.25, 0.3) is 5.91 Å². The molecule has 0 spiro atoms. The molecular formula is C21H24N2O3S. The van der Waals surface area contributed by atoms with E-state index in [4.69, 9.17) is 10.5 Å².